The minimum absolute atomic E-state index is 0.0856. The number of fused-ring (bicyclic) bond motifs is 1. The second-order valence-electron chi connectivity index (χ2n) is 10.9. The summed E-state index contributed by atoms with van der Waals surface area (Å²) in [6, 6.07) is 34.5. The third-order valence-corrected chi connectivity index (χ3v) is 10.1. The molecule has 5 atom stereocenters. The molecule has 5 rings (SSSR count). The van der Waals surface area contributed by atoms with Crippen LogP contribution in [0, 0.1) is 0 Å². The summed E-state index contributed by atoms with van der Waals surface area (Å²) in [4.78, 5) is 0. The molecule has 240 valence electrons. The highest BCUT2D eigenvalue weighted by atomic mass is 32.2. The Morgan fingerprint density at radius 1 is 0.667 bits per heavy atom. The molecule has 45 heavy (non-hydrogen) atoms. The van der Waals surface area contributed by atoms with E-state index < -0.39 is 34.5 Å². The smallest absolute Gasteiger partial charge is 0.267 e. The number of ether oxygens (including phenoxy) is 4. The number of thioether (sulfide) groups is 1. The second kappa shape index (κ2) is 16.7. The lowest BCUT2D eigenvalue weighted by atomic mass is 9.97. The van der Waals surface area contributed by atoms with Gasteiger partial charge in [0.2, 0.25) is 0 Å². The maximum Gasteiger partial charge on any atom is 0.267 e. The van der Waals surface area contributed by atoms with Gasteiger partial charge in [0.25, 0.3) is 10.1 Å². The quantitative estimate of drug-likeness (QED) is 0.119. The van der Waals surface area contributed by atoms with E-state index in [-0.39, 0.29) is 24.2 Å². The highest BCUT2D eigenvalue weighted by Gasteiger charge is 2.48. The van der Waals surface area contributed by atoms with Crippen LogP contribution in [0.3, 0.4) is 0 Å². The molecule has 0 saturated carbocycles. The van der Waals surface area contributed by atoms with Gasteiger partial charge in [-0.1, -0.05) is 104 Å². The molecule has 1 fully saturated rings. The summed E-state index contributed by atoms with van der Waals surface area (Å²) < 4.78 is 57.0. The van der Waals surface area contributed by atoms with E-state index in [1.807, 2.05) is 72.8 Å². The summed E-state index contributed by atoms with van der Waals surface area (Å²) in [7, 11) is -3.72. The van der Waals surface area contributed by atoms with Crippen molar-refractivity contribution >= 4 is 32.7 Å². The standard InChI is InChI=1S/C36H42O7S2/c1-3-42-45(37,38)22-21-32-33(39-26-29-19-20-30-17-11-12-18-31(30)23-29)34(40-24-27-13-7-5-8-14-27)35(36(43-32)44-4-2)41-25-28-15-9-6-10-16-28/h5-20,23,32-36H,3-4,21-22,24-26H2,1-2H3/t32-,33-,34+,35-,36-/m1/s1. The molecule has 1 aliphatic heterocycles. The summed E-state index contributed by atoms with van der Waals surface area (Å²) >= 11 is 1.62. The van der Waals surface area contributed by atoms with Crippen molar-refractivity contribution in [3.8, 4) is 0 Å². The molecule has 0 unspecified atom stereocenters. The third-order valence-electron chi connectivity index (χ3n) is 7.70. The molecule has 1 heterocycles. The molecule has 0 spiro atoms. The van der Waals surface area contributed by atoms with Gasteiger partial charge >= 0.3 is 0 Å². The van der Waals surface area contributed by atoms with E-state index in [4.69, 9.17) is 23.1 Å². The van der Waals surface area contributed by atoms with E-state index in [2.05, 4.69) is 37.3 Å². The Balaban J connectivity index is 1.46. The lowest BCUT2D eigenvalue weighted by Crippen LogP contribution is -2.59. The zero-order valence-corrected chi connectivity index (χ0v) is 27.5. The molecule has 9 heteroatoms. The van der Waals surface area contributed by atoms with E-state index in [1.54, 1.807) is 18.7 Å². The molecular formula is C36H42O7S2. The van der Waals surface area contributed by atoms with E-state index in [0.29, 0.717) is 19.8 Å². The van der Waals surface area contributed by atoms with E-state index in [9.17, 15) is 8.42 Å². The van der Waals surface area contributed by atoms with Gasteiger partial charge in [-0.3, -0.25) is 4.18 Å². The monoisotopic (exact) mass is 650 g/mol. The summed E-state index contributed by atoms with van der Waals surface area (Å²) in [6.45, 7) is 4.85. The molecule has 0 aliphatic carbocycles. The SMILES string of the molecule is CCOS(=O)(=O)CC[C@H]1O[C@H](SCC)[C@H](OCc2ccccc2)[C@@H](OCc2ccccc2)[C@@H]1OCc1ccc2ccccc2c1. The van der Waals surface area contributed by atoms with Gasteiger partial charge in [0, 0.05) is 0 Å². The number of hydrogen-bond donors (Lipinski definition) is 0. The zero-order chi connectivity index (χ0) is 31.5. The molecule has 0 N–H and O–H groups in total. The fourth-order valence-electron chi connectivity index (χ4n) is 5.53. The van der Waals surface area contributed by atoms with Crippen molar-refractivity contribution < 1.29 is 31.5 Å². The molecule has 0 radical (unpaired) electrons. The Kier molecular flexibility index (Phi) is 12.5. The maximum atomic E-state index is 12.6. The van der Waals surface area contributed by atoms with Gasteiger partial charge in [0.1, 0.15) is 23.7 Å². The van der Waals surface area contributed by atoms with Crippen molar-refractivity contribution in [2.75, 3.05) is 18.1 Å². The van der Waals surface area contributed by atoms with Gasteiger partial charge in [0.15, 0.2) is 0 Å². The molecule has 0 bridgehead atoms. The van der Waals surface area contributed by atoms with Crippen LogP contribution >= 0.6 is 11.8 Å². The minimum Gasteiger partial charge on any atom is -0.368 e. The van der Waals surface area contributed by atoms with Gasteiger partial charge in [-0.05, 0) is 52.6 Å². The van der Waals surface area contributed by atoms with Crippen molar-refractivity contribution in [2.45, 2.75) is 69.9 Å². The van der Waals surface area contributed by atoms with Crippen LogP contribution in [0.15, 0.2) is 103 Å². The predicted octanol–water partition coefficient (Wildman–Crippen LogP) is 7.13. The van der Waals surface area contributed by atoms with Crippen LogP contribution in [-0.4, -0.2) is 56.4 Å². The molecule has 4 aromatic carbocycles. The molecule has 1 saturated heterocycles. The lowest BCUT2D eigenvalue weighted by Gasteiger charge is -2.46. The van der Waals surface area contributed by atoms with Gasteiger partial charge in [-0.2, -0.15) is 8.42 Å². The van der Waals surface area contributed by atoms with Crippen molar-refractivity contribution in [1.82, 2.24) is 0 Å². The maximum absolute atomic E-state index is 12.6. The van der Waals surface area contributed by atoms with Gasteiger partial charge < -0.3 is 18.9 Å². The van der Waals surface area contributed by atoms with Crippen molar-refractivity contribution in [2.24, 2.45) is 0 Å². The van der Waals surface area contributed by atoms with Gasteiger partial charge in [-0.15, -0.1) is 11.8 Å². The van der Waals surface area contributed by atoms with Crippen molar-refractivity contribution in [3.05, 3.63) is 120 Å². The van der Waals surface area contributed by atoms with Crippen LogP contribution in [-0.2, 0) is 53.1 Å². The molecule has 1 aliphatic rings. The fourth-order valence-corrected chi connectivity index (χ4v) is 7.50. The van der Waals surface area contributed by atoms with Crippen LogP contribution < -0.4 is 0 Å². The summed E-state index contributed by atoms with van der Waals surface area (Å²) in [5.41, 5.74) is 2.68. The first-order chi connectivity index (χ1) is 22.0. The Hall–Kier alpha value is -2.76. The van der Waals surface area contributed by atoms with Crippen LogP contribution in [0.1, 0.15) is 37.0 Å². The third kappa shape index (κ3) is 9.62. The number of benzene rings is 4. The highest BCUT2D eigenvalue weighted by molar-refractivity contribution is 7.99. The summed E-state index contributed by atoms with van der Waals surface area (Å²) in [6.07, 6.45) is -1.98. The number of rotatable bonds is 16. The van der Waals surface area contributed by atoms with Gasteiger partial charge in [0.05, 0.1) is 38.3 Å². The first-order valence-corrected chi connectivity index (χ1v) is 18.1. The topological polar surface area (TPSA) is 80.3 Å². The highest BCUT2D eigenvalue weighted by Crippen LogP contribution is 2.36. The predicted molar refractivity (Wildman–Crippen MR) is 179 cm³/mol. The fraction of sp³-hybridized carbons (Fsp3) is 0.389. The lowest BCUT2D eigenvalue weighted by molar-refractivity contribution is -0.246. The Bertz CT molecular complexity index is 1570. The molecule has 7 nitrogen and oxygen atoms in total. The molecule has 0 amide bonds. The Labute approximate surface area is 271 Å². The Morgan fingerprint density at radius 3 is 1.89 bits per heavy atom. The van der Waals surface area contributed by atoms with Crippen molar-refractivity contribution in [1.29, 1.82) is 0 Å². The van der Waals surface area contributed by atoms with Gasteiger partial charge in [-0.25, -0.2) is 0 Å². The number of hydrogen-bond acceptors (Lipinski definition) is 8. The first kappa shape index (κ1) is 33.6. The van der Waals surface area contributed by atoms with Crippen molar-refractivity contribution in [3.63, 3.8) is 0 Å². The summed E-state index contributed by atoms with van der Waals surface area (Å²) in [5, 5.41) is 2.28. The zero-order valence-electron chi connectivity index (χ0n) is 25.8. The van der Waals surface area contributed by atoms with Crippen LogP contribution in [0.2, 0.25) is 0 Å². The largest absolute Gasteiger partial charge is 0.368 e. The van der Waals surface area contributed by atoms with E-state index >= 15 is 0 Å². The minimum atomic E-state index is -3.72. The van der Waals surface area contributed by atoms with E-state index in [0.717, 1.165) is 33.2 Å². The molecule has 4 aromatic rings. The normalized spacial score (nSPS) is 22.0. The second-order valence-corrected chi connectivity index (χ2v) is 14.1. The van der Waals surface area contributed by atoms with Crippen LogP contribution in [0.25, 0.3) is 10.8 Å². The van der Waals surface area contributed by atoms with Crippen LogP contribution in [0.5, 0.6) is 0 Å². The van der Waals surface area contributed by atoms with Crippen LogP contribution in [0.4, 0.5) is 0 Å². The average molecular weight is 651 g/mol. The molecular weight excluding hydrogens is 609 g/mol. The average Bonchev–Trinajstić information content (AvgIpc) is 3.06. The first-order valence-electron chi connectivity index (χ1n) is 15.5. The summed E-state index contributed by atoms with van der Waals surface area (Å²) in [5.74, 6) is 0.597. The Morgan fingerprint density at radius 2 is 1.24 bits per heavy atom. The van der Waals surface area contributed by atoms with E-state index in [1.165, 1.54) is 0 Å². The molecule has 0 aromatic heterocycles.